The molecule has 18 heavy (non-hydrogen) atoms. The molecule has 0 N–H and O–H groups in total. The Hall–Kier alpha value is -0.740. The van der Waals surface area contributed by atoms with Crippen molar-refractivity contribution in [2.45, 2.75) is 58.0 Å². The SMILES string of the molecule is CC(C)(C)c1nc(CN2CCCCC2C=O)cs1. The lowest BCUT2D eigenvalue weighted by Crippen LogP contribution is -2.39. The van der Waals surface area contributed by atoms with Crippen LogP contribution in [0.4, 0.5) is 0 Å². The molecule has 1 atom stereocenters. The molecule has 0 amide bonds. The molecule has 4 heteroatoms. The van der Waals surface area contributed by atoms with E-state index in [2.05, 4.69) is 31.1 Å². The van der Waals surface area contributed by atoms with Gasteiger partial charge < -0.3 is 4.79 Å². The van der Waals surface area contributed by atoms with Crippen molar-refractivity contribution in [2.24, 2.45) is 0 Å². The molecule has 0 spiro atoms. The van der Waals surface area contributed by atoms with Gasteiger partial charge in [-0.2, -0.15) is 0 Å². The van der Waals surface area contributed by atoms with E-state index in [0.717, 1.165) is 31.5 Å². The van der Waals surface area contributed by atoms with E-state index < -0.39 is 0 Å². The van der Waals surface area contributed by atoms with Crippen LogP contribution in [-0.2, 0) is 16.8 Å². The Kier molecular flexibility index (Phi) is 4.17. The maximum Gasteiger partial charge on any atom is 0.137 e. The molecule has 0 aliphatic carbocycles. The van der Waals surface area contributed by atoms with Crippen molar-refractivity contribution in [3.63, 3.8) is 0 Å². The zero-order valence-corrected chi connectivity index (χ0v) is 12.3. The summed E-state index contributed by atoms with van der Waals surface area (Å²) < 4.78 is 0. The maximum absolute atomic E-state index is 11.1. The first-order valence-corrected chi connectivity index (χ1v) is 7.53. The minimum atomic E-state index is 0.0959. The van der Waals surface area contributed by atoms with Crippen LogP contribution in [-0.4, -0.2) is 28.8 Å². The van der Waals surface area contributed by atoms with Gasteiger partial charge in [-0.15, -0.1) is 11.3 Å². The van der Waals surface area contributed by atoms with Crippen LogP contribution < -0.4 is 0 Å². The van der Waals surface area contributed by atoms with E-state index in [1.165, 1.54) is 17.8 Å². The van der Waals surface area contributed by atoms with Crippen molar-refractivity contribution in [1.29, 1.82) is 0 Å². The van der Waals surface area contributed by atoms with Crippen LogP contribution in [0.3, 0.4) is 0 Å². The van der Waals surface area contributed by atoms with Gasteiger partial charge in [0.2, 0.25) is 0 Å². The average Bonchev–Trinajstić information content (AvgIpc) is 2.78. The fourth-order valence-electron chi connectivity index (χ4n) is 2.30. The number of hydrogen-bond acceptors (Lipinski definition) is 4. The smallest absolute Gasteiger partial charge is 0.137 e. The third-order valence-corrected chi connectivity index (χ3v) is 4.70. The molecule has 2 heterocycles. The summed E-state index contributed by atoms with van der Waals surface area (Å²) in [7, 11) is 0. The molecule has 1 aromatic heterocycles. The number of hydrogen-bond donors (Lipinski definition) is 0. The van der Waals surface area contributed by atoms with Crippen LogP contribution in [0.25, 0.3) is 0 Å². The molecule has 0 saturated carbocycles. The highest BCUT2D eigenvalue weighted by Crippen LogP contribution is 2.27. The maximum atomic E-state index is 11.1. The molecule has 100 valence electrons. The van der Waals surface area contributed by atoms with Crippen molar-refractivity contribution in [1.82, 2.24) is 9.88 Å². The molecule has 1 aliphatic rings. The Morgan fingerprint density at radius 2 is 2.28 bits per heavy atom. The van der Waals surface area contributed by atoms with Gasteiger partial charge in [0.25, 0.3) is 0 Å². The molecule has 1 aliphatic heterocycles. The van der Waals surface area contributed by atoms with Gasteiger partial charge in [-0.05, 0) is 19.4 Å². The molecular weight excluding hydrogens is 244 g/mol. The van der Waals surface area contributed by atoms with E-state index in [4.69, 9.17) is 4.98 Å². The number of aldehydes is 1. The summed E-state index contributed by atoms with van der Waals surface area (Å²) in [5.41, 5.74) is 1.23. The first kappa shape index (κ1) is 13.7. The summed E-state index contributed by atoms with van der Waals surface area (Å²) >= 11 is 1.73. The highest BCUT2D eigenvalue weighted by Gasteiger charge is 2.23. The summed E-state index contributed by atoms with van der Waals surface area (Å²) in [4.78, 5) is 18.0. The summed E-state index contributed by atoms with van der Waals surface area (Å²) in [5.74, 6) is 0. The number of thiazole rings is 1. The summed E-state index contributed by atoms with van der Waals surface area (Å²) in [6.45, 7) is 8.39. The average molecular weight is 266 g/mol. The Labute approximate surface area is 113 Å². The monoisotopic (exact) mass is 266 g/mol. The van der Waals surface area contributed by atoms with Gasteiger partial charge in [0.05, 0.1) is 16.7 Å². The van der Waals surface area contributed by atoms with Crippen molar-refractivity contribution in [3.8, 4) is 0 Å². The van der Waals surface area contributed by atoms with Gasteiger partial charge in [0.1, 0.15) is 6.29 Å². The number of carbonyl (C=O) groups excluding carboxylic acids is 1. The van der Waals surface area contributed by atoms with Gasteiger partial charge in [0.15, 0.2) is 0 Å². The van der Waals surface area contributed by atoms with Gasteiger partial charge in [-0.1, -0.05) is 27.2 Å². The lowest BCUT2D eigenvalue weighted by molar-refractivity contribution is -0.113. The predicted octanol–water partition coefficient (Wildman–Crippen LogP) is 2.99. The van der Waals surface area contributed by atoms with Crippen LogP contribution in [0.15, 0.2) is 5.38 Å². The third kappa shape index (κ3) is 3.18. The standard InChI is InChI=1S/C14H22N2OS/c1-14(2,3)13-15-11(10-18-13)8-16-7-5-4-6-12(16)9-17/h9-10,12H,4-8H2,1-3H3. The predicted molar refractivity (Wildman–Crippen MR) is 74.9 cm³/mol. The largest absolute Gasteiger partial charge is 0.302 e. The number of nitrogens with zero attached hydrogens (tertiary/aromatic N) is 2. The number of piperidine rings is 1. The summed E-state index contributed by atoms with van der Waals surface area (Å²) in [6, 6.07) is 0.0959. The number of rotatable bonds is 3. The second-order valence-electron chi connectivity index (χ2n) is 6.06. The summed E-state index contributed by atoms with van der Waals surface area (Å²) in [6.07, 6.45) is 4.46. The van der Waals surface area contributed by atoms with Gasteiger partial charge in [0, 0.05) is 17.3 Å². The Morgan fingerprint density at radius 3 is 2.89 bits per heavy atom. The highest BCUT2D eigenvalue weighted by molar-refractivity contribution is 7.09. The zero-order chi connectivity index (χ0) is 13.2. The quantitative estimate of drug-likeness (QED) is 0.789. The molecule has 1 aromatic rings. The van der Waals surface area contributed by atoms with Gasteiger partial charge in [-0.3, -0.25) is 4.90 Å². The number of carbonyl (C=O) groups is 1. The van der Waals surface area contributed by atoms with Gasteiger partial charge >= 0.3 is 0 Å². The van der Waals surface area contributed by atoms with E-state index in [0.29, 0.717) is 0 Å². The molecule has 0 radical (unpaired) electrons. The number of aromatic nitrogens is 1. The molecule has 3 nitrogen and oxygen atoms in total. The normalized spacial score (nSPS) is 22.1. The Bertz CT molecular complexity index is 408. The molecule has 1 saturated heterocycles. The van der Waals surface area contributed by atoms with Crippen LogP contribution in [0.1, 0.15) is 50.7 Å². The molecule has 2 rings (SSSR count). The molecule has 1 unspecified atom stereocenters. The van der Waals surface area contributed by atoms with E-state index in [9.17, 15) is 4.79 Å². The zero-order valence-electron chi connectivity index (χ0n) is 11.5. The third-order valence-electron chi connectivity index (χ3n) is 3.38. The van der Waals surface area contributed by atoms with Crippen molar-refractivity contribution < 1.29 is 4.79 Å². The fraction of sp³-hybridized carbons (Fsp3) is 0.714. The minimum absolute atomic E-state index is 0.0959. The summed E-state index contributed by atoms with van der Waals surface area (Å²) in [5, 5.41) is 3.31. The second-order valence-corrected chi connectivity index (χ2v) is 6.92. The highest BCUT2D eigenvalue weighted by atomic mass is 32.1. The van der Waals surface area contributed by atoms with Crippen LogP contribution in [0.2, 0.25) is 0 Å². The molecule has 1 fully saturated rings. The first-order valence-electron chi connectivity index (χ1n) is 6.65. The van der Waals surface area contributed by atoms with E-state index in [1.807, 2.05) is 0 Å². The fourth-order valence-corrected chi connectivity index (χ4v) is 3.20. The van der Waals surface area contributed by atoms with Crippen LogP contribution >= 0.6 is 11.3 Å². The van der Waals surface area contributed by atoms with Crippen LogP contribution in [0.5, 0.6) is 0 Å². The first-order chi connectivity index (χ1) is 8.50. The number of likely N-dealkylation sites (tertiary alicyclic amines) is 1. The Balaban J connectivity index is 2.04. The van der Waals surface area contributed by atoms with E-state index >= 15 is 0 Å². The molecule has 0 aromatic carbocycles. The molecule has 0 bridgehead atoms. The van der Waals surface area contributed by atoms with Crippen molar-refractivity contribution >= 4 is 17.6 Å². The Morgan fingerprint density at radius 1 is 1.50 bits per heavy atom. The minimum Gasteiger partial charge on any atom is -0.302 e. The van der Waals surface area contributed by atoms with Gasteiger partial charge in [-0.25, -0.2) is 4.98 Å². The lowest BCUT2D eigenvalue weighted by atomic mass is 9.98. The second kappa shape index (κ2) is 5.49. The lowest BCUT2D eigenvalue weighted by Gasteiger charge is -2.31. The van der Waals surface area contributed by atoms with Crippen LogP contribution in [0, 0.1) is 0 Å². The van der Waals surface area contributed by atoms with E-state index in [1.54, 1.807) is 11.3 Å². The topological polar surface area (TPSA) is 33.2 Å². The van der Waals surface area contributed by atoms with E-state index in [-0.39, 0.29) is 11.5 Å². The van der Waals surface area contributed by atoms with Crippen molar-refractivity contribution in [3.05, 3.63) is 16.1 Å². The molecular formula is C14H22N2OS. The van der Waals surface area contributed by atoms with Crippen molar-refractivity contribution in [2.75, 3.05) is 6.54 Å².